The molecule has 0 aromatic heterocycles. The van der Waals surface area contributed by atoms with Crippen LogP contribution in [0, 0.1) is 0 Å². The molecule has 0 aliphatic rings. The Hall–Kier alpha value is -2.98. The molecule has 0 aliphatic carbocycles. The fourth-order valence-electron chi connectivity index (χ4n) is 2.44. The van der Waals surface area contributed by atoms with Gasteiger partial charge in [-0.25, -0.2) is 0 Å². The summed E-state index contributed by atoms with van der Waals surface area (Å²) in [4.78, 5) is 12.7. The number of methoxy groups -OCH3 is 1. The molecule has 0 unspecified atom stereocenters. The number of rotatable bonds is 6. The lowest BCUT2D eigenvalue weighted by Crippen LogP contribution is -2.14. The molecule has 0 spiro atoms. The Balaban J connectivity index is 1.79. The molecule has 0 saturated carbocycles. The van der Waals surface area contributed by atoms with Crippen molar-refractivity contribution in [3.8, 4) is 11.5 Å². The van der Waals surface area contributed by atoms with Gasteiger partial charge in [0.05, 0.1) is 12.7 Å². The lowest BCUT2D eigenvalue weighted by atomic mass is 10.1. The molecule has 1 N–H and O–H groups in total. The second kappa shape index (κ2) is 8.41. The van der Waals surface area contributed by atoms with Crippen molar-refractivity contribution >= 4 is 23.2 Å². The highest BCUT2D eigenvalue weighted by atomic mass is 35.5. The molecule has 0 bridgehead atoms. The summed E-state index contributed by atoms with van der Waals surface area (Å²) in [6.07, 6.45) is 0. The fourth-order valence-corrected chi connectivity index (χ4v) is 2.61. The number of halogens is 1. The second-order valence-corrected chi connectivity index (χ2v) is 6.04. The zero-order valence-corrected chi connectivity index (χ0v) is 15.0. The molecule has 0 fully saturated rings. The van der Waals surface area contributed by atoms with Gasteiger partial charge in [0.15, 0.2) is 0 Å². The van der Waals surface area contributed by atoms with Gasteiger partial charge in [-0.15, -0.1) is 0 Å². The predicted molar refractivity (Wildman–Crippen MR) is 103 cm³/mol. The molecule has 1 amide bonds. The van der Waals surface area contributed by atoms with Crippen molar-refractivity contribution in [3.63, 3.8) is 0 Å². The van der Waals surface area contributed by atoms with Crippen molar-refractivity contribution in [2.45, 2.75) is 6.61 Å². The van der Waals surface area contributed by atoms with Gasteiger partial charge in [-0.1, -0.05) is 48.0 Å². The predicted octanol–water partition coefficient (Wildman–Crippen LogP) is 5.18. The lowest BCUT2D eigenvalue weighted by Gasteiger charge is -2.13. The molecule has 5 heteroatoms. The first-order valence-electron chi connectivity index (χ1n) is 8.07. The van der Waals surface area contributed by atoms with Crippen molar-refractivity contribution < 1.29 is 14.3 Å². The van der Waals surface area contributed by atoms with Crippen LogP contribution in [0.3, 0.4) is 0 Å². The van der Waals surface area contributed by atoms with Gasteiger partial charge >= 0.3 is 0 Å². The molecule has 0 aliphatic heterocycles. The molecular formula is C21H18ClNO3. The first kappa shape index (κ1) is 17.8. The van der Waals surface area contributed by atoms with E-state index in [1.165, 1.54) is 0 Å². The van der Waals surface area contributed by atoms with Crippen LogP contribution in [0.2, 0.25) is 5.02 Å². The number of amides is 1. The molecule has 3 aromatic carbocycles. The maximum Gasteiger partial charge on any atom is 0.259 e. The van der Waals surface area contributed by atoms with Crippen LogP contribution >= 0.6 is 11.6 Å². The smallest absolute Gasteiger partial charge is 0.259 e. The summed E-state index contributed by atoms with van der Waals surface area (Å²) in [5, 5.41) is 3.31. The summed E-state index contributed by atoms with van der Waals surface area (Å²) < 4.78 is 11.0. The molecule has 0 atom stereocenters. The first-order chi connectivity index (χ1) is 12.7. The number of nitrogens with one attached hydrogen (secondary N) is 1. The fraction of sp³-hybridized carbons (Fsp3) is 0.0952. The van der Waals surface area contributed by atoms with E-state index in [4.69, 9.17) is 21.1 Å². The van der Waals surface area contributed by atoms with Crippen LogP contribution < -0.4 is 14.8 Å². The number of ether oxygens (including phenoxy) is 2. The average molecular weight is 368 g/mol. The van der Waals surface area contributed by atoms with Crippen LogP contribution in [0.1, 0.15) is 15.9 Å². The van der Waals surface area contributed by atoms with Crippen molar-refractivity contribution in [2.75, 3.05) is 12.4 Å². The zero-order valence-electron chi connectivity index (χ0n) is 14.2. The lowest BCUT2D eigenvalue weighted by molar-refractivity contribution is 0.102. The molecule has 3 rings (SSSR count). The van der Waals surface area contributed by atoms with Gasteiger partial charge in [0.2, 0.25) is 0 Å². The minimum absolute atomic E-state index is 0.302. The number of hydrogen-bond acceptors (Lipinski definition) is 3. The molecule has 132 valence electrons. The number of anilines is 1. The third kappa shape index (κ3) is 4.55. The van der Waals surface area contributed by atoms with E-state index < -0.39 is 0 Å². The maximum atomic E-state index is 12.7. The quantitative estimate of drug-likeness (QED) is 0.653. The summed E-state index contributed by atoms with van der Waals surface area (Å²) in [5.41, 5.74) is 2.01. The number of carbonyl (C=O) groups excluding carboxylic acids is 1. The van der Waals surface area contributed by atoms with Crippen LogP contribution in [0.5, 0.6) is 11.5 Å². The third-order valence-electron chi connectivity index (χ3n) is 3.75. The monoisotopic (exact) mass is 367 g/mol. The van der Waals surface area contributed by atoms with Crippen LogP contribution in [0.15, 0.2) is 72.8 Å². The summed E-state index contributed by atoms with van der Waals surface area (Å²) in [5.74, 6) is 0.830. The molecule has 0 radical (unpaired) electrons. The van der Waals surface area contributed by atoms with E-state index >= 15 is 0 Å². The molecule has 0 heterocycles. The summed E-state index contributed by atoms with van der Waals surface area (Å²) >= 11 is 6.07. The molecule has 0 saturated heterocycles. The van der Waals surface area contributed by atoms with E-state index in [1.54, 1.807) is 43.5 Å². The van der Waals surface area contributed by atoms with Gasteiger partial charge < -0.3 is 14.8 Å². The van der Waals surface area contributed by atoms with Gasteiger partial charge in [0.25, 0.3) is 5.91 Å². The Labute approximate surface area is 157 Å². The highest BCUT2D eigenvalue weighted by Crippen LogP contribution is 2.26. The van der Waals surface area contributed by atoms with E-state index in [0.717, 1.165) is 5.56 Å². The Bertz CT molecular complexity index is 897. The number of carbonyl (C=O) groups is 1. The number of hydrogen-bond donors (Lipinski definition) is 1. The summed E-state index contributed by atoms with van der Waals surface area (Å²) in [6.45, 7) is 0.363. The van der Waals surface area contributed by atoms with Crippen molar-refractivity contribution in [3.05, 3.63) is 88.9 Å². The summed E-state index contributed by atoms with van der Waals surface area (Å²) in [6, 6.07) is 21.9. The highest BCUT2D eigenvalue weighted by Gasteiger charge is 2.14. The van der Waals surface area contributed by atoms with E-state index in [-0.39, 0.29) is 5.91 Å². The van der Waals surface area contributed by atoms with E-state index in [1.807, 2.05) is 36.4 Å². The van der Waals surface area contributed by atoms with E-state index in [0.29, 0.717) is 34.4 Å². The normalized spacial score (nSPS) is 10.2. The Kier molecular flexibility index (Phi) is 5.77. The topological polar surface area (TPSA) is 47.6 Å². The van der Waals surface area contributed by atoms with Crippen molar-refractivity contribution in [2.24, 2.45) is 0 Å². The zero-order chi connectivity index (χ0) is 18.4. The largest absolute Gasteiger partial charge is 0.497 e. The molecule has 26 heavy (non-hydrogen) atoms. The van der Waals surface area contributed by atoms with Gasteiger partial charge in [0.1, 0.15) is 18.1 Å². The number of benzene rings is 3. The third-order valence-corrected chi connectivity index (χ3v) is 3.99. The summed E-state index contributed by atoms with van der Waals surface area (Å²) in [7, 11) is 1.58. The molecule has 4 nitrogen and oxygen atoms in total. The van der Waals surface area contributed by atoms with Crippen LogP contribution in [0.25, 0.3) is 0 Å². The van der Waals surface area contributed by atoms with E-state index in [9.17, 15) is 4.79 Å². The van der Waals surface area contributed by atoms with Crippen molar-refractivity contribution in [1.82, 2.24) is 0 Å². The average Bonchev–Trinajstić information content (AvgIpc) is 2.68. The minimum Gasteiger partial charge on any atom is -0.497 e. The first-order valence-corrected chi connectivity index (χ1v) is 8.45. The minimum atomic E-state index is -0.302. The molecular weight excluding hydrogens is 350 g/mol. The second-order valence-electron chi connectivity index (χ2n) is 5.60. The Morgan fingerprint density at radius 1 is 1.00 bits per heavy atom. The van der Waals surface area contributed by atoms with Gasteiger partial charge in [-0.05, 0) is 35.9 Å². The standard InChI is InChI=1S/C21H18ClNO3/c1-25-18-9-5-8-17(13-18)23-21(24)19-12-16(22)10-11-20(19)26-14-15-6-3-2-4-7-15/h2-13H,14H2,1H3,(H,23,24). The van der Waals surface area contributed by atoms with Crippen molar-refractivity contribution in [1.29, 1.82) is 0 Å². The molecule has 3 aromatic rings. The van der Waals surface area contributed by atoms with Crippen LogP contribution in [0.4, 0.5) is 5.69 Å². The Morgan fingerprint density at radius 3 is 2.58 bits per heavy atom. The van der Waals surface area contributed by atoms with Crippen LogP contribution in [-0.2, 0) is 6.61 Å². The van der Waals surface area contributed by atoms with Gasteiger partial charge in [0, 0.05) is 16.8 Å². The van der Waals surface area contributed by atoms with Gasteiger partial charge in [-0.3, -0.25) is 4.79 Å². The van der Waals surface area contributed by atoms with Crippen LogP contribution in [-0.4, -0.2) is 13.0 Å². The highest BCUT2D eigenvalue weighted by molar-refractivity contribution is 6.31. The Morgan fingerprint density at radius 2 is 1.81 bits per heavy atom. The van der Waals surface area contributed by atoms with E-state index in [2.05, 4.69) is 5.32 Å². The maximum absolute atomic E-state index is 12.7. The van der Waals surface area contributed by atoms with Gasteiger partial charge in [-0.2, -0.15) is 0 Å². The SMILES string of the molecule is COc1cccc(NC(=O)c2cc(Cl)ccc2OCc2ccccc2)c1.